The van der Waals surface area contributed by atoms with Gasteiger partial charge in [-0.25, -0.2) is 5.43 Å². The zero-order valence-electron chi connectivity index (χ0n) is 10.1. The van der Waals surface area contributed by atoms with E-state index >= 15 is 0 Å². The second-order valence-electron chi connectivity index (χ2n) is 3.88. The second kappa shape index (κ2) is 6.76. The molecule has 1 aromatic carbocycles. The number of nitrogens with one attached hydrogen (secondary N) is 2. The van der Waals surface area contributed by atoms with E-state index in [1.54, 1.807) is 38.1 Å². The largest absolute Gasteiger partial charge is 0.346 e. The average molecular weight is 268 g/mol. The summed E-state index contributed by atoms with van der Waals surface area (Å²) in [4.78, 5) is 22.5. The maximum absolute atomic E-state index is 11.3. The highest BCUT2D eigenvalue weighted by molar-refractivity contribution is 6.35. The average Bonchev–Trinajstić information content (AvgIpc) is 2.28. The second-order valence-corrected chi connectivity index (χ2v) is 4.32. The lowest BCUT2D eigenvalue weighted by Crippen LogP contribution is -2.41. The standard InChI is InChI=1S/C12H14ClN3O2/c1-8(2)15-11(17)12(18)16-14-7-9-4-3-5-10(13)6-9/h3-8H,1-2H3,(H,15,17)(H,16,18)/b14-7-. The van der Waals surface area contributed by atoms with Crippen LogP contribution in [0.4, 0.5) is 0 Å². The molecule has 0 radical (unpaired) electrons. The van der Waals surface area contributed by atoms with Crippen molar-refractivity contribution < 1.29 is 9.59 Å². The molecule has 0 spiro atoms. The van der Waals surface area contributed by atoms with Gasteiger partial charge >= 0.3 is 11.8 Å². The SMILES string of the molecule is CC(C)NC(=O)C(=O)N/N=C\c1cccc(Cl)c1. The van der Waals surface area contributed by atoms with Crippen LogP contribution in [0.2, 0.25) is 5.02 Å². The fourth-order valence-corrected chi connectivity index (χ4v) is 1.33. The van der Waals surface area contributed by atoms with Crippen molar-refractivity contribution in [1.29, 1.82) is 0 Å². The molecular formula is C12H14ClN3O2. The molecule has 0 aliphatic carbocycles. The van der Waals surface area contributed by atoms with Gasteiger partial charge in [0.1, 0.15) is 0 Å². The maximum atomic E-state index is 11.3. The number of carbonyl (C=O) groups is 2. The minimum Gasteiger partial charge on any atom is -0.346 e. The van der Waals surface area contributed by atoms with Gasteiger partial charge in [0.05, 0.1) is 6.21 Å². The molecule has 18 heavy (non-hydrogen) atoms. The van der Waals surface area contributed by atoms with E-state index in [0.717, 1.165) is 5.56 Å². The molecule has 6 heteroatoms. The quantitative estimate of drug-likeness (QED) is 0.493. The van der Waals surface area contributed by atoms with Gasteiger partial charge in [-0.1, -0.05) is 23.7 Å². The Morgan fingerprint density at radius 1 is 1.33 bits per heavy atom. The molecule has 0 saturated carbocycles. The monoisotopic (exact) mass is 267 g/mol. The molecule has 1 aromatic rings. The minimum absolute atomic E-state index is 0.0971. The predicted molar refractivity (Wildman–Crippen MR) is 70.5 cm³/mol. The molecule has 5 nitrogen and oxygen atoms in total. The van der Waals surface area contributed by atoms with Crippen LogP contribution >= 0.6 is 11.6 Å². The number of carbonyl (C=O) groups excluding carboxylic acids is 2. The van der Waals surface area contributed by atoms with Crippen molar-refractivity contribution in [1.82, 2.24) is 10.7 Å². The summed E-state index contributed by atoms with van der Waals surface area (Å²) < 4.78 is 0. The van der Waals surface area contributed by atoms with Gasteiger partial charge in [-0.05, 0) is 31.5 Å². The van der Waals surface area contributed by atoms with Gasteiger partial charge in [-0.15, -0.1) is 0 Å². The van der Waals surface area contributed by atoms with E-state index in [9.17, 15) is 9.59 Å². The fourth-order valence-electron chi connectivity index (χ4n) is 1.13. The topological polar surface area (TPSA) is 70.6 Å². The molecule has 0 fully saturated rings. The molecule has 0 aromatic heterocycles. The van der Waals surface area contributed by atoms with Gasteiger partial charge < -0.3 is 5.32 Å². The van der Waals surface area contributed by atoms with Crippen LogP contribution in [0.15, 0.2) is 29.4 Å². The summed E-state index contributed by atoms with van der Waals surface area (Å²) in [5.74, 6) is -1.52. The van der Waals surface area contributed by atoms with Gasteiger partial charge in [0.2, 0.25) is 0 Å². The van der Waals surface area contributed by atoms with Crippen LogP contribution in [-0.4, -0.2) is 24.1 Å². The first-order valence-corrected chi connectivity index (χ1v) is 5.76. The van der Waals surface area contributed by atoms with Crippen LogP contribution < -0.4 is 10.7 Å². The summed E-state index contributed by atoms with van der Waals surface area (Å²) in [5.41, 5.74) is 2.86. The van der Waals surface area contributed by atoms with Gasteiger partial charge in [-0.2, -0.15) is 5.10 Å². The maximum Gasteiger partial charge on any atom is 0.329 e. The first-order chi connectivity index (χ1) is 8.49. The van der Waals surface area contributed by atoms with E-state index in [0.29, 0.717) is 5.02 Å². The minimum atomic E-state index is -0.804. The van der Waals surface area contributed by atoms with Crippen molar-refractivity contribution in [2.45, 2.75) is 19.9 Å². The van der Waals surface area contributed by atoms with Crippen molar-refractivity contribution in [2.24, 2.45) is 5.10 Å². The number of rotatable bonds is 3. The van der Waals surface area contributed by atoms with E-state index in [1.807, 2.05) is 0 Å². The highest BCUT2D eigenvalue weighted by atomic mass is 35.5. The smallest absolute Gasteiger partial charge is 0.329 e. The molecule has 0 unspecified atom stereocenters. The summed E-state index contributed by atoms with van der Waals surface area (Å²) in [6.45, 7) is 3.53. The molecule has 2 N–H and O–H groups in total. The van der Waals surface area contributed by atoms with Crippen molar-refractivity contribution in [3.63, 3.8) is 0 Å². The van der Waals surface area contributed by atoms with Gasteiger partial charge in [0.25, 0.3) is 0 Å². The van der Waals surface area contributed by atoms with Gasteiger partial charge in [-0.3, -0.25) is 9.59 Å². The normalized spacial score (nSPS) is 10.7. The Morgan fingerprint density at radius 2 is 2.06 bits per heavy atom. The molecule has 0 heterocycles. The highest BCUT2D eigenvalue weighted by Crippen LogP contribution is 2.08. The van der Waals surface area contributed by atoms with Crippen LogP contribution in [-0.2, 0) is 9.59 Å². The third-order valence-corrected chi connectivity index (χ3v) is 2.09. The van der Waals surface area contributed by atoms with Crippen LogP contribution in [0.25, 0.3) is 0 Å². The number of hydrogen-bond acceptors (Lipinski definition) is 3. The third-order valence-electron chi connectivity index (χ3n) is 1.85. The molecule has 0 aliphatic heterocycles. The third kappa shape index (κ3) is 4.97. The number of hydrogen-bond donors (Lipinski definition) is 2. The van der Waals surface area contributed by atoms with Gasteiger partial charge in [0, 0.05) is 11.1 Å². The van der Waals surface area contributed by atoms with Crippen LogP contribution in [0.3, 0.4) is 0 Å². The molecule has 0 bridgehead atoms. The Bertz CT molecular complexity index is 472. The lowest BCUT2D eigenvalue weighted by Gasteiger charge is -2.05. The number of amides is 2. The van der Waals surface area contributed by atoms with Gasteiger partial charge in [0.15, 0.2) is 0 Å². The molecule has 0 atom stereocenters. The molecule has 96 valence electrons. The van der Waals surface area contributed by atoms with E-state index in [1.165, 1.54) is 6.21 Å². The molecule has 2 amide bonds. The van der Waals surface area contributed by atoms with E-state index in [-0.39, 0.29) is 6.04 Å². The van der Waals surface area contributed by atoms with Crippen LogP contribution in [0, 0.1) is 0 Å². The summed E-state index contributed by atoms with van der Waals surface area (Å²) in [5, 5.41) is 6.69. The van der Waals surface area contributed by atoms with E-state index in [2.05, 4.69) is 15.8 Å². The van der Waals surface area contributed by atoms with E-state index < -0.39 is 11.8 Å². The van der Waals surface area contributed by atoms with Crippen molar-refractivity contribution in [3.8, 4) is 0 Å². The summed E-state index contributed by atoms with van der Waals surface area (Å²) in [7, 11) is 0. The first-order valence-electron chi connectivity index (χ1n) is 5.38. The molecule has 1 rings (SSSR count). The predicted octanol–water partition coefficient (Wildman–Crippen LogP) is 1.31. The lowest BCUT2D eigenvalue weighted by atomic mass is 10.2. The summed E-state index contributed by atoms with van der Waals surface area (Å²) in [6.07, 6.45) is 1.41. The Balaban J connectivity index is 2.50. The number of halogens is 1. The zero-order valence-corrected chi connectivity index (χ0v) is 10.9. The summed E-state index contributed by atoms with van der Waals surface area (Å²) >= 11 is 5.78. The Labute approximate surface area is 110 Å². The molecule has 0 aliphatic rings. The number of nitrogens with zero attached hydrogens (tertiary/aromatic N) is 1. The Morgan fingerprint density at radius 3 is 2.67 bits per heavy atom. The Kier molecular flexibility index (Phi) is 5.32. The fraction of sp³-hybridized carbons (Fsp3) is 0.250. The van der Waals surface area contributed by atoms with E-state index in [4.69, 9.17) is 11.6 Å². The lowest BCUT2D eigenvalue weighted by molar-refractivity contribution is -0.139. The first kappa shape index (κ1) is 14.2. The molecule has 0 saturated heterocycles. The number of benzene rings is 1. The zero-order chi connectivity index (χ0) is 13.5. The Hall–Kier alpha value is -1.88. The van der Waals surface area contributed by atoms with Crippen LogP contribution in [0.5, 0.6) is 0 Å². The highest BCUT2D eigenvalue weighted by Gasteiger charge is 2.12. The summed E-state index contributed by atoms with van der Waals surface area (Å²) in [6, 6.07) is 6.85. The van der Waals surface area contributed by atoms with Crippen molar-refractivity contribution >= 4 is 29.6 Å². The van der Waals surface area contributed by atoms with Crippen molar-refractivity contribution in [2.75, 3.05) is 0 Å². The van der Waals surface area contributed by atoms with Crippen LogP contribution in [0.1, 0.15) is 19.4 Å². The number of hydrazone groups is 1. The van der Waals surface area contributed by atoms with Crippen molar-refractivity contribution in [3.05, 3.63) is 34.9 Å². The molecular weight excluding hydrogens is 254 g/mol.